The van der Waals surface area contributed by atoms with Gasteiger partial charge in [-0.1, -0.05) is 98.3 Å². The van der Waals surface area contributed by atoms with Crippen LogP contribution >= 0.6 is 0 Å². The number of hydrogen-bond donors (Lipinski definition) is 1. The number of aromatic nitrogens is 2. The van der Waals surface area contributed by atoms with Gasteiger partial charge >= 0.3 is 0 Å². The van der Waals surface area contributed by atoms with Crippen LogP contribution in [-0.4, -0.2) is 9.97 Å². The number of H-pyrrole nitrogens is 1. The number of hydrogen-bond acceptors (Lipinski definition) is 1. The molecule has 146 valence electrons. The molecule has 1 aromatic rings. The van der Waals surface area contributed by atoms with Crippen LogP contribution in [0.4, 0.5) is 0 Å². The highest BCUT2D eigenvalue weighted by molar-refractivity contribution is 5.10. The van der Waals surface area contributed by atoms with Crippen molar-refractivity contribution in [2.75, 3.05) is 0 Å². The maximum absolute atomic E-state index is 5.03. The summed E-state index contributed by atoms with van der Waals surface area (Å²) >= 11 is 0. The molecule has 0 saturated carbocycles. The van der Waals surface area contributed by atoms with Crippen LogP contribution < -0.4 is 0 Å². The van der Waals surface area contributed by atoms with Gasteiger partial charge < -0.3 is 4.98 Å². The molecule has 0 aliphatic carbocycles. The van der Waals surface area contributed by atoms with E-state index in [1.165, 1.54) is 101 Å². The van der Waals surface area contributed by atoms with Gasteiger partial charge in [0.25, 0.3) is 0 Å². The van der Waals surface area contributed by atoms with E-state index in [1.54, 1.807) is 0 Å². The maximum atomic E-state index is 5.03. The summed E-state index contributed by atoms with van der Waals surface area (Å²) in [6.07, 6.45) is 21.0. The van der Waals surface area contributed by atoms with E-state index < -0.39 is 0 Å². The van der Waals surface area contributed by atoms with E-state index in [0.29, 0.717) is 11.8 Å². The van der Waals surface area contributed by atoms with E-state index in [-0.39, 0.29) is 0 Å². The summed E-state index contributed by atoms with van der Waals surface area (Å²) in [6.45, 7) is 9.19. The molecule has 1 rings (SSSR count). The second kappa shape index (κ2) is 14.4. The lowest BCUT2D eigenvalue weighted by Crippen LogP contribution is -2.02. The van der Waals surface area contributed by atoms with Gasteiger partial charge in [-0.25, -0.2) is 4.98 Å². The Kier molecular flexibility index (Phi) is 12.8. The fraction of sp³-hybridized carbons (Fsp3) is 0.870. The highest BCUT2D eigenvalue weighted by Crippen LogP contribution is 2.29. The van der Waals surface area contributed by atoms with Crippen LogP contribution in [0.5, 0.6) is 0 Å². The van der Waals surface area contributed by atoms with Gasteiger partial charge in [0, 0.05) is 18.0 Å². The zero-order chi connectivity index (χ0) is 18.3. The van der Waals surface area contributed by atoms with E-state index in [4.69, 9.17) is 4.98 Å². The van der Waals surface area contributed by atoms with Gasteiger partial charge in [-0.15, -0.1) is 0 Å². The predicted molar refractivity (Wildman–Crippen MR) is 111 cm³/mol. The summed E-state index contributed by atoms with van der Waals surface area (Å²) < 4.78 is 0. The molecule has 0 aliphatic heterocycles. The molecule has 1 heterocycles. The standard InChI is InChI=1S/C23H44N2/c1-5-8-11-14-17-21(18-15-12-9-6-2)22-19-24-23(25-22)20(4)16-13-10-7-3/h19-21H,5-18H2,1-4H3,(H,24,25). The Labute approximate surface area is 157 Å². The Morgan fingerprint density at radius 2 is 1.28 bits per heavy atom. The van der Waals surface area contributed by atoms with E-state index in [0.717, 1.165) is 0 Å². The van der Waals surface area contributed by atoms with Crippen molar-refractivity contribution in [2.45, 2.75) is 129 Å². The first-order valence-electron chi connectivity index (χ1n) is 11.3. The number of unbranched alkanes of at least 4 members (excludes halogenated alkanes) is 8. The molecule has 1 unspecified atom stereocenters. The third-order valence-electron chi connectivity index (χ3n) is 5.56. The minimum Gasteiger partial charge on any atom is -0.348 e. The van der Waals surface area contributed by atoms with Crippen molar-refractivity contribution in [3.05, 3.63) is 17.7 Å². The SMILES string of the molecule is CCCCCCC(CCCCCC)c1c[nH]c(C(C)CCCCC)n1. The van der Waals surface area contributed by atoms with Crippen molar-refractivity contribution in [1.82, 2.24) is 9.97 Å². The van der Waals surface area contributed by atoms with Gasteiger partial charge in [0.05, 0.1) is 5.69 Å². The fourth-order valence-electron chi connectivity index (χ4n) is 3.73. The average molecular weight is 349 g/mol. The highest BCUT2D eigenvalue weighted by Gasteiger charge is 2.17. The smallest absolute Gasteiger partial charge is 0.109 e. The van der Waals surface area contributed by atoms with Crippen molar-refractivity contribution in [1.29, 1.82) is 0 Å². The summed E-state index contributed by atoms with van der Waals surface area (Å²) in [7, 11) is 0. The van der Waals surface area contributed by atoms with Crippen molar-refractivity contribution < 1.29 is 0 Å². The third kappa shape index (κ3) is 9.47. The first-order valence-corrected chi connectivity index (χ1v) is 11.3. The number of nitrogens with one attached hydrogen (secondary N) is 1. The molecule has 0 saturated heterocycles. The second-order valence-electron chi connectivity index (χ2n) is 8.00. The first kappa shape index (κ1) is 22.3. The summed E-state index contributed by atoms with van der Waals surface area (Å²) in [5, 5.41) is 0. The first-order chi connectivity index (χ1) is 12.2. The Balaban J connectivity index is 2.56. The van der Waals surface area contributed by atoms with Crippen LogP contribution in [0, 0.1) is 0 Å². The van der Waals surface area contributed by atoms with E-state index in [9.17, 15) is 0 Å². The van der Waals surface area contributed by atoms with Crippen LogP contribution in [0.25, 0.3) is 0 Å². The van der Waals surface area contributed by atoms with Crippen LogP contribution in [-0.2, 0) is 0 Å². The molecule has 0 fully saturated rings. The average Bonchev–Trinajstić information content (AvgIpc) is 3.10. The summed E-state index contributed by atoms with van der Waals surface area (Å²) in [6, 6.07) is 0. The van der Waals surface area contributed by atoms with Crippen LogP contribution in [0.3, 0.4) is 0 Å². The summed E-state index contributed by atoms with van der Waals surface area (Å²) in [5.41, 5.74) is 1.34. The Hall–Kier alpha value is -0.790. The molecule has 1 N–H and O–H groups in total. The van der Waals surface area contributed by atoms with E-state index >= 15 is 0 Å². The van der Waals surface area contributed by atoms with Crippen molar-refractivity contribution in [3.8, 4) is 0 Å². The topological polar surface area (TPSA) is 28.7 Å². The summed E-state index contributed by atoms with van der Waals surface area (Å²) in [5.74, 6) is 2.46. The molecule has 0 aromatic carbocycles. The molecule has 2 nitrogen and oxygen atoms in total. The number of nitrogens with zero attached hydrogens (tertiary/aromatic N) is 1. The van der Waals surface area contributed by atoms with Crippen molar-refractivity contribution in [3.63, 3.8) is 0 Å². The monoisotopic (exact) mass is 348 g/mol. The van der Waals surface area contributed by atoms with Gasteiger partial charge in [-0.2, -0.15) is 0 Å². The molecular weight excluding hydrogens is 304 g/mol. The van der Waals surface area contributed by atoms with Crippen LogP contribution in [0.15, 0.2) is 6.20 Å². The normalized spacial score (nSPS) is 12.8. The lowest BCUT2D eigenvalue weighted by Gasteiger charge is -2.15. The Morgan fingerprint density at radius 3 is 1.84 bits per heavy atom. The van der Waals surface area contributed by atoms with Gasteiger partial charge in [0.2, 0.25) is 0 Å². The Bertz CT molecular complexity index is 398. The van der Waals surface area contributed by atoms with E-state index in [1.807, 2.05) is 0 Å². The second-order valence-corrected chi connectivity index (χ2v) is 8.00. The van der Waals surface area contributed by atoms with Gasteiger partial charge in [0.1, 0.15) is 5.82 Å². The minimum absolute atomic E-state index is 0.570. The molecular formula is C23H44N2. The molecule has 0 aliphatic rings. The van der Waals surface area contributed by atoms with Gasteiger partial charge in [0.15, 0.2) is 0 Å². The molecule has 2 heteroatoms. The maximum Gasteiger partial charge on any atom is 0.109 e. The molecule has 1 aromatic heterocycles. The Morgan fingerprint density at radius 1 is 0.760 bits per heavy atom. The van der Waals surface area contributed by atoms with Crippen LogP contribution in [0.1, 0.15) is 141 Å². The van der Waals surface area contributed by atoms with Gasteiger partial charge in [-0.05, 0) is 19.3 Å². The molecule has 1 atom stereocenters. The third-order valence-corrected chi connectivity index (χ3v) is 5.56. The van der Waals surface area contributed by atoms with Crippen LogP contribution in [0.2, 0.25) is 0 Å². The molecule has 0 radical (unpaired) electrons. The zero-order valence-electron chi connectivity index (χ0n) is 17.6. The van der Waals surface area contributed by atoms with E-state index in [2.05, 4.69) is 38.9 Å². The molecule has 0 spiro atoms. The van der Waals surface area contributed by atoms with Gasteiger partial charge in [-0.3, -0.25) is 0 Å². The lowest BCUT2D eigenvalue weighted by molar-refractivity contribution is 0.488. The zero-order valence-corrected chi connectivity index (χ0v) is 17.6. The minimum atomic E-state index is 0.570. The summed E-state index contributed by atoms with van der Waals surface area (Å²) in [4.78, 5) is 8.54. The van der Waals surface area contributed by atoms with Crippen molar-refractivity contribution in [2.24, 2.45) is 0 Å². The van der Waals surface area contributed by atoms with Crippen molar-refractivity contribution >= 4 is 0 Å². The lowest BCUT2D eigenvalue weighted by atomic mass is 9.92. The largest absolute Gasteiger partial charge is 0.348 e. The quantitative estimate of drug-likeness (QED) is 0.300. The number of aromatic amines is 1. The predicted octanol–water partition coefficient (Wildman–Crippen LogP) is 8.12. The molecule has 0 bridgehead atoms. The fourth-order valence-corrected chi connectivity index (χ4v) is 3.73. The number of imidazole rings is 1. The molecule has 25 heavy (non-hydrogen) atoms. The highest BCUT2D eigenvalue weighted by atomic mass is 14.9. The number of rotatable bonds is 16. The molecule has 0 amide bonds.